The van der Waals surface area contributed by atoms with Gasteiger partial charge in [0.15, 0.2) is 5.82 Å². The van der Waals surface area contributed by atoms with Crippen molar-refractivity contribution in [2.75, 3.05) is 39.3 Å². The average molecular weight is 521 g/mol. The summed E-state index contributed by atoms with van der Waals surface area (Å²) in [5, 5.41) is 9.01. The van der Waals surface area contributed by atoms with Gasteiger partial charge in [-0.15, -0.1) is 10.2 Å². The highest BCUT2D eigenvalue weighted by molar-refractivity contribution is 5.30. The van der Waals surface area contributed by atoms with Crippen LogP contribution in [0.3, 0.4) is 0 Å². The molecule has 1 unspecified atom stereocenters. The normalized spacial score (nSPS) is 23.7. The summed E-state index contributed by atoms with van der Waals surface area (Å²) in [4.78, 5) is 7.38. The van der Waals surface area contributed by atoms with Gasteiger partial charge in [0.1, 0.15) is 6.33 Å². The van der Waals surface area contributed by atoms with Gasteiger partial charge in [-0.25, -0.2) is 8.78 Å². The molecule has 1 aromatic heterocycles. The number of halogens is 2. The van der Waals surface area contributed by atoms with Crippen molar-refractivity contribution in [1.82, 2.24) is 29.5 Å². The lowest BCUT2D eigenvalue weighted by atomic mass is 10.0. The molecule has 3 fully saturated rings. The standard InChI is InChI=1S/C30H38F2N6/c31-30(32)13-18-35(19-14-30)20-25-8-10-26(11-9-25)28(37-17-12-27(22-37)36-15-4-5-16-36)29-34-33-23-38(29)21-24-6-2-1-3-7-24/h1-3,6-11,23,27-28H,4-5,12-22H2/t27-,28?/m0/s1. The molecule has 2 aromatic carbocycles. The maximum atomic E-state index is 13.6. The Balaban J connectivity index is 1.23. The van der Waals surface area contributed by atoms with E-state index < -0.39 is 5.92 Å². The van der Waals surface area contributed by atoms with Crippen LogP contribution >= 0.6 is 0 Å². The van der Waals surface area contributed by atoms with Gasteiger partial charge >= 0.3 is 0 Å². The highest BCUT2D eigenvalue weighted by Crippen LogP contribution is 2.34. The molecule has 0 aliphatic carbocycles. The molecule has 0 radical (unpaired) electrons. The predicted octanol–water partition coefficient (Wildman–Crippen LogP) is 4.82. The molecule has 4 heterocycles. The van der Waals surface area contributed by atoms with Gasteiger partial charge in [0.05, 0.1) is 12.6 Å². The van der Waals surface area contributed by atoms with Crippen LogP contribution in [0.5, 0.6) is 0 Å². The third kappa shape index (κ3) is 5.82. The summed E-state index contributed by atoms with van der Waals surface area (Å²) in [5.74, 6) is -1.53. The molecule has 2 atom stereocenters. The number of alkyl halides is 2. The molecular weight excluding hydrogens is 482 g/mol. The Morgan fingerprint density at radius 2 is 1.55 bits per heavy atom. The van der Waals surface area contributed by atoms with Crippen LogP contribution in [-0.2, 0) is 13.1 Å². The van der Waals surface area contributed by atoms with Crippen molar-refractivity contribution in [2.45, 2.75) is 63.2 Å². The van der Waals surface area contributed by atoms with Crippen LogP contribution in [0.4, 0.5) is 8.78 Å². The molecule has 3 aliphatic heterocycles. The van der Waals surface area contributed by atoms with E-state index in [0.29, 0.717) is 25.7 Å². The number of nitrogens with zero attached hydrogens (tertiary/aromatic N) is 6. The lowest BCUT2D eigenvalue weighted by Crippen LogP contribution is -2.38. The van der Waals surface area contributed by atoms with Crippen LogP contribution in [-0.4, -0.2) is 80.7 Å². The van der Waals surface area contributed by atoms with Crippen molar-refractivity contribution in [2.24, 2.45) is 0 Å². The highest BCUT2D eigenvalue weighted by atomic mass is 19.3. The minimum Gasteiger partial charge on any atom is -0.311 e. The molecule has 0 saturated carbocycles. The van der Waals surface area contributed by atoms with E-state index in [0.717, 1.165) is 25.5 Å². The summed E-state index contributed by atoms with van der Waals surface area (Å²) in [6.07, 6.45) is 5.56. The number of rotatable bonds is 8. The van der Waals surface area contributed by atoms with Crippen LogP contribution in [0.15, 0.2) is 60.9 Å². The summed E-state index contributed by atoms with van der Waals surface area (Å²) < 4.78 is 29.4. The molecule has 3 aromatic rings. The quantitative estimate of drug-likeness (QED) is 0.426. The molecule has 38 heavy (non-hydrogen) atoms. The third-order valence-corrected chi connectivity index (χ3v) is 8.59. The first-order valence-corrected chi connectivity index (χ1v) is 14.1. The van der Waals surface area contributed by atoms with Gasteiger partial charge in [0.2, 0.25) is 0 Å². The predicted molar refractivity (Wildman–Crippen MR) is 144 cm³/mol. The number of hydrogen-bond donors (Lipinski definition) is 0. The second-order valence-corrected chi connectivity index (χ2v) is 11.3. The summed E-state index contributed by atoms with van der Waals surface area (Å²) in [6, 6.07) is 19.8. The molecular formula is C30H38F2N6. The van der Waals surface area contributed by atoms with Crippen LogP contribution in [0.2, 0.25) is 0 Å². The van der Waals surface area contributed by atoms with E-state index in [2.05, 4.69) is 78.0 Å². The van der Waals surface area contributed by atoms with Crippen molar-refractivity contribution in [1.29, 1.82) is 0 Å². The van der Waals surface area contributed by atoms with Crippen molar-refractivity contribution in [3.8, 4) is 0 Å². The van der Waals surface area contributed by atoms with Crippen LogP contribution in [0.25, 0.3) is 0 Å². The maximum absolute atomic E-state index is 13.6. The third-order valence-electron chi connectivity index (χ3n) is 8.59. The van der Waals surface area contributed by atoms with E-state index in [1.807, 2.05) is 12.4 Å². The molecule has 6 nitrogen and oxygen atoms in total. The smallest absolute Gasteiger partial charge is 0.250 e. The first kappa shape index (κ1) is 25.6. The zero-order valence-corrected chi connectivity index (χ0v) is 22.1. The van der Waals surface area contributed by atoms with Crippen molar-refractivity contribution >= 4 is 0 Å². The van der Waals surface area contributed by atoms with Crippen molar-refractivity contribution in [3.63, 3.8) is 0 Å². The minimum absolute atomic E-state index is 0.0246. The van der Waals surface area contributed by atoms with Gasteiger partial charge in [-0.1, -0.05) is 54.6 Å². The molecule has 0 amide bonds. The Kier molecular flexibility index (Phi) is 7.54. The Labute approximate surface area is 224 Å². The van der Waals surface area contributed by atoms with E-state index >= 15 is 0 Å². The Hall–Kier alpha value is -2.68. The molecule has 0 bridgehead atoms. The molecule has 6 rings (SSSR count). The Morgan fingerprint density at radius 3 is 2.29 bits per heavy atom. The van der Waals surface area contributed by atoms with E-state index in [1.54, 1.807) is 0 Å². The summed E-state index contributed by atoms with van der Waals surface area (Å²) in [5.41, 5.74) is 3.61. The molecule has 8 heteroatoms. The summed E-state index contributed by atoms with van der Waals surface area (Å²) in [7, 11) is 0. The SMILES string of the molecule is FC1(F)CCN(Cc2ccc(C(c3nncn3Cc3ccccc3)N3CC[C@H](N4CCCC4)C3)cc2)CC1. The van der Waals surface area contributed by atoms with Crippen LogP contribution in [0, 0.1) is 0 Å². The highest BCUT2D eigenvalue weighted by Gasteiger charge is 2.36. The maximum Gasteiger partial charge on any atom is 0.250 e. The van der Waals surface area contributed by atoms with Gasteiger partial charge < -0.3 is 4.57 Å². The monoisotopic (exact) mass is 520 g/mol. The fraction of sp³-hybridized carbons (Fsp3) is 0.533. The number of hydrogen-bond acceptors (Lipinski definition) is 5. The molecule has 202 valence electrons. The van der Waals surface area contributed by atoms with Crippen molar-refractivity contribution < 1.29 is 8.78 Å². The molecule has 0 N–H and O–H groups in total. The fourth-order valence-corrected chi connectivity index (χ4v) is 6.41. The first-order chi connectivity index (χ1) is 18.5. The van der Waals surface area contributed by atoms with Crippen LogP contribution in [0.1, 0.15) is 60.7 Å². The second-order valence-electron chi connectivity index (χ2n) is 11.3. The van der Waals surface area contributed by atoms with Crippen molar-refractivity contribution in [3.05, 3.63) is 83.4 Å². The first-order valence-electron chi connectivity index (χ1n) is 14.1. The van der Waals surface area contributed by atoms with Gasteiger partial charge in [-0.3, -0.25) is 14.7 Å². The van der Waals surface area contributed by atoms with Crippen LogP contribution < -0.4 is 0 Å². The largest absolute Gasteiger partial charge is 0.311 e. The van der Waals surface area contributed by atoms with E-state index in [-0.39, 0.29) is 18.9 Å². The average Bonchev–Trinajstić information content (AvgIpc) is 3.70. The van der Waals surface area contributed by atoms with Gasteiger partial charge in [-0.2, -0.15) is 0 Å². The number of likely N-dealkylation sites (tertiary alicyclic amines) is 3. The molecule has 3 saturated heterocycles. The van der Waals surface area contributed by atoms with Gasteiger partial charge in [0.25, 0.3) is 5.92 Å². The number of piperidine rings is 1. The van der Waals surface area contributed by atoms with E-state index in [4.69, 9.17) is 0 Å². The minimum atomic E-state index is -2.51. The summed E-state index contributed by atoms with van der Waals surface area (Å²) in [6.45, 7) is 6.85. The Bertz CT molecular complexity index is 1160. The molecule has 0 spiro atoms. The zero-order valence-electron chi connectivity index (χ0n) is 22.1. The Morgan fingerprint density at radius 1 is 0.842 bits per heavy atom. The topological polar surface area (TPSA) is 40.4 Å². The fourth-order valence-electron chi connectivity index (χ4n) is 6.41. The van der Waals surface area contributed by atoms with Gasteiger partial charge in [-0.05, 0) is 49.0 Å². The number of benzene rings is 2. The summed E-state index contributed by atoms with van der Waals surface area (Å²) >= 11 is 0. The lowest BCUT2D eigenvalue weighted by molar-refractivity contribution is -0.0566. The zero-order chi connectivity index (χ0) is 26.0. The second kappa shape index (κ2) is 11.2. The van der Waals surface area contributed by atoms with Gasteiger partial charge in [0, 0.05) is 51.6 Å². The lowest BCUT2D eigenvalue weighted by Gasteiger charge is -2.32. The molecule has 3 aliphatic rings. The van der Waals surface area contributed by atoms with E-state index in [1.165, 1.54) is 49.0 Å². The number of aromatic nitrogens is 3. The van der Waals surface area contributed by atoms with E-state index in [9.17, 15) is 8.78 Å².